The van der Waals surface area contributed by atoms with E-state index in [9.17, 15) is 5.11 Å². The molecule has 0 aliphatic heterocycles. The third kappa shape index (κ3) is 3.93. The summed E-state index contributed by atoms with van der Waals surface area (Å²) in [5.74, 6) is 4.42. The fourth-order valence-corrected chi connectivity index (χ4v) is 5.09. The molecule has 0 spiro atoms. The number of nitrogens with zero attached hydrogens (tertiary/aromatic N) is 1. The van der Waals surface area contributed by atoms with Crippen LogP contribution in [0.4, 0.5) is 0 Å². The summed E-state index contributed by atoms with van der Waals surface area (Å²) >= 11 is 1.84. The number of thiophene rings is 1. The minimum atomic E-state index is -0.0628. The molecule has 1 N–H and O–H groups in total. The molecule has 3 rings (SSSR count). The predicted octanol–water partition coefficient (Wildman–Crippen LogP) is 3.56. The molecule has 1 aromatic rings. The topological polar surface area (TPSA) is 23.5 Å². The molecule has 4 atom stereocenters. The van der Waals surface area contributed by atoms with Gasteiger partial charge >= 0.3 is 0 Å². The van der Waals surface area contributed by atoms with Crippen LogP contribution in [0.15, 0.2) is 17.5 Å². The molecule has 0 aromatic carbocycles. The highest BCUT2D eigenvalue weighted by Gasteiger charge is 2.36. The molecule has 2 fully saturated rings. The van der Waals surface area contributed by atoms with E-state index in [2.05, 4.69) is 28.3 Å². The minimum Gasteiger partial charge on any atom is -0.393 e. The Balaban J connectivity index is 1.58. The standard InChI is InChI=1S/C19H27NOS/c1-2-10-20(11-9-19-4-3-12-22-19)17-7-5-15-6-8-18(21)14-16(15)13-17/h1,3-4,12,15-18,21H,5-11,13-14H2. The van der Waals surface area contributed by atoms with Gasteiger partial charge in [0.1, 0.15) is 0 Å². The molecule has 4 unspecified atom stereocenters. The van der Waals surface area contributed by atoms with Crippen molar-refractivity contribution in [1.29, 1.82) is 0 Å². The molecule has 1 aromatic heterocycles. The van der Waals surface area contributed by atoms with Gasteiger partial charge in [-0.3, -0.25) is 4.90 Å². The van der Waals surface area contributed by atoms with Crippen molar-refractivity contribution in [3.63, 3.8) is 0 Å². The number of hydrogen-bond acceptors (Lipinski definition) is 3. The van der Waals surface area contributed by atoms with Crippen molar-refractivity contribution < 1.29 is 5.11 Å². The second-order valence-corrected chi connectivity index (χ2v) is 7.99. The average Bonchev–Trinajstić information content (AvgIpc) is 3.04. The Labute approximate surface area is 138 Å². The van der Waals surface area contributed by atoms with Crippen LogP contribution in [0, 0.1) is 24.2 Å². The summed E-state index contributed by atoms with van der Waals surface area (Å²) in [4.78, 5) is 3.96. The highest BCUT2D eigenvalue weighted by atomic mass is 32.1. The zero-order valence-corrected chi connectivity index (χ0v) is 14.1. The number of hydrogen-bond donors (Lipinski definition) is 1. The first-order valence-corrected chi connectivity index (χ1v) is 9.52. The molecule has 0 bridgehead atoms. The van der Waals surface area contributed by atoms with Crippen LogP contribution in [-0.4, -0.2) is 35.2 Å². The van der Waals surface area contributed by atoms with Crippen molar-refractivity contribution >= 4 is 11.3 Å². The van der Waals surface area contributed by atoms with Gasteiger partial charge in [-0.15, -0.1) is 17.8 Å². The van der Waals surface area contributed by atoms with Crippen LogP contribution in [0.5, 0.6) is 0 Å². The number of aliphatic hydroxyl groups excluding tert-OH is 1. The van der Waals surface area contributed by atoms with Crippen molar-refractivity contribution in [2.45, 2.75) is 57.1 Å². The molecule has 2 aliphatic rings. The Hall–Kier alpha value is -0.820. The highest BCUT2D eigenvalue weighted by Crippen LogP contribution is 2.41. The van der Waals surface area contributed by atoms with E-state index in [1.807, 2.05) is 11.3 Å². The van der Waals surface area contributed by atoms with Gasteiger partial charge in [-0.25, -0.2) is 0 Å². The lowest BCUT2D eigenvalue weighted by molar-refractivity contribution is 0.0209. The van der Waals surface area contributed by atoms with Gasteiger partial charge in [0.25, 0.3) is 0 Å². The molecule has 0 saturated heterocycles. The number of aliphatic hydroxyl groups is 1. The van der Waals surface area contributed by atoms with Gasteiger partial charge in [0.2, 0.25) is 0 Å². The van der Waals surface area contributed by atoms with Crippen LogP contribution in [-0.2, 0) is 6.42 Å². The average molecular weight is 317 g/mol. The summed E-state index contributed by atoms with van der Waals surface area (Å²) in [5, 5.41) is 12.1. The van der Waals surface area contributed by atoms with E-state index in [1.54, 1.807) is 0 Å². The molecule has 22 heavy (non-hydrogen) atoms. The first-order chi connectivity index (χ1) is 10.8. The van der Waals surface area contributed by atoms with E-state index in [0.717, 1.165) is 38.3 Å². The third-order valence-corrected chi connectivity index (χ3v) is 6.53. The number of rotatable bonds is 5. The van der Waals surface area contributed by atoms with Gasteiger partial charge in [-0.2, -0.15) is 0 Å². The second kappa shape index (κ2) is 7.64. The van der Waals surface area contributed by atoms with Crippen molar-refractivity contribution in [2.75, 3.05) is 13.1 Å². The van der Waals surface area contributed by atoms with Crippen LogP contribution >= 0.6 is 11.3 Å². The third-order valence-electron chi connectivity index (χ3n) is 5.59. The molecule has 0 radical (unpaired) electrons. The largest absolute Gasteiger partial charge is 0.393 e. The zero-order chi connectivity index (χ0) is 15.4. The predicted molar refractivity (Wildman–Crippen MR) is 92.9 cm³/mol. The van der Waals surface area contributed by atoms with E-state index in [1.165, 1.54) is 30.6 Å². The molecule has 2 aliphatic carbocycles. The van der Waals surface area contributed by atoms with Crippen LogP contribution in [0.25, 0.3) is 0 Å². The molecule has 1 heterocycles. The minimum absolute atomic E-state index is 0.0628. The fourth-order valence-electron chi connectivity index (χ4n) is 4.39. The molecule has 2 saturated carbocycles. The SMILES string of the molecule is C#CCN(CCc1cccs1)C1CCC2CCC(O)CC2C1. The van der Waals surface area contributed by atoms with Crippen LogP contribution in [0.3, 0.4) is 0 Å². The van der Waals surface area contributed by atoms with E-state index >= 15 is 0 Å². The Morgan fingerprint density at radius 3 is 2.86 bits per heavy atom. The van der Waals surface area contributed by atoms with Crippen molar-refractivity contribution in [3.05, 3.63) is 22.4 Å². The lowest BCUT2D eigenvalue weighted by Crippen LogP contribution is -2.44. The summed E-state index contributed by atoms with van der Waals surface area (Å²) in [6.07, 6.45) is 13.7. The van der Waals surface area contributed by atoms with E-state index in [-0.39, 0.29) is 6.10 Å². The van der Waals surface area contributed by atoms with Gasteiger partial charge in [-0.05, 0) is 68.2 Å². The first kappa shape index (κ1) is 16.1. The number of fused-ring (bicyclic) bond motifs is 1. The maximum absolute atomic E-state index is 9.96. The van der Waals surface area contributed by atoms with Gasteiger partial charge in [-0.1, -0.05) is 12.0 Å². The van der Waals surface area contributed by atoms with Gasteiger partial charge in [0.15, 0.2) is 0 Å². The van der Waals surface area contributed by atoms with Crippen molar-refractivity contribution in [1.82, 2.24) is 4.90 Å². The lowest BCUT2D eigenvalue weighted by atomic mass is 9.68. The van der Waals surface area contributed by atoms with Gasteiger partial charge in [0, 0.05) is 17.5 Å². The van der Waals surface area contributed by atoms with Crippen LogP contribution in [0.1, 0.15) is 43.4 Å². The first-order valence-electron chi connectivity index (χ1n) is 8.64. The van der Waals surface area contributed by atoms with Crippen LogP contribution in [0.2, 0.25) is 0 Å². The summed E-state index contributed by atoms with van der Waals surface area (Å²) in [7, 11) is 0. The molecular formula is C19H27NOS. The summed E-state index contributed by atoms with van der Waals surface area (Å²) in [6, 6.07) is 4.95. The van der Waals surface area contributed by atoms with E-state index < -0.39 is 0 Å². The molecule has 2 nitrogen and oxygen atoms in total. The Kier molecular flexibility index (Phi) is 5.57. The van der Waals surface area contributed by atoms with E-state index in [0.29, 0.717) is 12.0 Å². The maximum Gasteiger partial charge on any atom is 0.0601 e. The molecule has 120 valence electrons. The summed E-state index contributed by atoms with van der Waals surface area (Å²) < 4.78 is 0. The second-order valence-electron chi connectivity index (χ2n) is 6.96. The fraction of sp³-hybridized carbons (Fsp3) is 0.684. The van der Waals surface area contributed by atoms with Crippen molar-refractivity contribution in [2.24, 2.45) is 11.8 Å². The number of terminal acetylenes is 1. The zero-order valence-electron chi connectivity index (χ0n) is 13.3. The lowest BCUT2D eigenvalue weighted by Gasteiger charge is -2.44. The molecular weight excluding hydrogens is 290 g/mol. The van der Waals surface area contributed by atoms with Crippen molar-refractivity contribution in [3.8, 4) is 12.3 Å². The van der Waals surface area contributed by atoms with Gasteiger partial charge in [0.05, 0.1) is 12.6 Å². The highest BCUT2D eigenvalue weighted by molar-refractivity contribution is 7.09. The maximum atomic E-state index is 9.96. The summed E-state index contributed by atoms with van der Waals surface area (Å²) in [6.45, 7) is 1.82. The normalized spacial score (nSPS) is 31.7. The Morgan fingerprint density at radius 1 is 1.23 bits per heavy atom. The molecule has 0 amide bonds. The van der Waals surface area contributed by atoms with E-state index in [4.69, 9.17) is 6.42 Å². The van der Waals surface area contributed by atoms with Crippen LogP contribution < -0.4 is 0 Å². The monoisotopic (exact) mass is 317 g/mol. The molecule has 3 heteroatoms. The van der Waals surface area contributed by atoms with Gasteiger partial charge < -0.3 is 5.11 Å². The Bertz CT molecular complexity index is 492. The quantitative estimate of drug-likeness (QED) is 0.840. The Morgan fingerprint density at radius 2 is 2.09 bits per heavy atom. The smallest absolute Gasteiger partial charge is 0.0601 e. The summed E-state index contributed by atoms with van der Waals surface area (Å²) in [5.41, 5.74) is 0.